The first-order chi connectivity index (χ1) is 13.5. The fraction of sp³-hybridized carbons (Fsp3) is 0.450. The molecule has 0 aromatic heterocycles. The number of carbonyl (C=O) groups is 2. The number of carboxylic acid groups (broad SMARTS) is 2. The van der Waals surface area contributed by atoms with Gasteiger partial charge in [0.05, 0.1) is 6.42 Å². The Morgan fingerprint density at radius 1 is 1.18 bits per heavy atom. The van der Waals surface area contributed by atoms with E-state index in [-0.39, 0.29) is 5.60 Å². The third-order valence-corrected chi connectivity index (χ3v) is 5.22. The zero-order valence-corrected chi connectivity index (χ0v) is 15.5. The third kappa shape index (κ3) is 5.10. The summed E-state index contributed by atoms with van der Waals surface area (Å²) in [5.74, 6) is -1.10. The van der Waals surface area contributed by atoms with Gasteiger partial charge in [-0.3, -0.25) is 4.90 Å². The van der Waals surface area contributed by atoms with E-state index in [2.05, 4.69) is 22.2 Å². The molecule has 0 radical (unpaired) electrons. The van der Waals surface area contributed by atoms with Gasteiger partial charge in [-0.1, -0.05) is 35.5 Å². The zero-order chi connectivity index (χ0) is 20.0. The highest BCUT2D eigenvalue weighted by atomic mass is 16.7. The van der Waals surface area contributed by atoms with E-state index >= 15 is 0 Å². The molecule has 0 aliphatic carbocycles. The first-order valence-electron chi connectivity index (χ1n) is 9.25. The molecule has 1 aromatic carbocycles. The van der Waals surface area contributed by atoms with Crippen LogP contribution in [-0.2, 0) is 25.8 Å². The highest BCUT2D eigenvalue weighted by Crippen LogP contribution is 2.43. The molecule has 1 atom stereocenters. The molecule has 150 valence electrons. The van der Waals surface area contributed by atoms with E-state index in [0.717, 1.165) is 18.9 Å². The second-order valence-corrected chi connectivity index (χ2v) is 7.15. The van der Waals surface area contributed by atoms with Gasteiger partial charge in [-0.15, -0.1) is 0 Å². The molecule has 1 aromatic rings. The van der Waals surface area contributed by atoms with Crippen molar-refractivity contribution in [1.29, 1.82) is 0 Å². The lowest BCUT2D eigenvalue weighted by molar-refractivity contribution is -0.136. The van der Waals surface area contributed by atoms with Crippen LogP contribution in [0.1, 0.15) is 24.8 Å². The molecule has 0 amide bonds. The van der Waals surface area contributed by atoms with Gasteiger partial charge < -0.3 is 19.8 Å². The maximum absolute atomic E-state index is 9.55. The summed E-state index contributed by atoms with van der Waals surface area (Å²) in [6, 6.07) is 10.2. The van der Waals surface area contributed by atoms with Gasteiger partial charge in [-0.25, -0.2) is 9.59 Å². The van der Waals surface area contributed by atoms with Crippen molar-refractivity contribution in [1.82, 2.24) is 4.90 Å². The van der Waals surface area contributed by atoms with E-state index in [4.69, 9.17) is 19.8 Å². The van der Waals surface area contributed by atoms with E-state index in [1.54, 1.807) is 0 Å². The molecule has 3 saturated heterocycles. The Bertz CT molecular complexity index is 739. The van der Waals surface area contributed by atoms with Crippen LogP contribution in [0.4, 0.5) is 0 Å². The second kappa shape index (κ2) is 8.88. The van der Waals surface area contributed by atoms with Crippen molar-refractivity contribution >= 4 is 17.8 Å². The highest BCUT2D eigenvalue weighted by molar-refractivity contribution is 5.89. The Balaban J connectivity index is 0.000000242. The minimum absolute atomic E-state index is 0.0947. The molecule has 4 aliphatic rings. The predicted octanol–water partition coefficient (Wildman–Crippen LogP) is 2.11. The molecule has 8 nitrogen and oxygen atoms in total. The van der Waals surface area contributed by atoms with Crippen LogP contribution in [0.25, 0.3) is 0 Å². The van der Waals surface area contributed by atoms with Crippen molar-refractivity contribution < 1.29 is 29.4 Å². The number of hydrogen-bond acceptors (Lipinski definition) is 6. The molecule has 5 rings (SSSR count). The summed E-state index contributed by atoms with van der Waals surface area (Å²) in [4.78, 5) is 27.4. The Hall–Kier alpha value is -2.87. The number of nitrogens with zero attached hydrogens (tertiary/aromatic N) is 2. The quantitative estimate of drug-likeness (QED) is 0.761. The Morgan fingerprint density at radius 2 is 1.82 bits per heavy atom. The van der Waals surface area contributed by atoms with Gasteiger partial charge in [-0.2, -0.15) is 0 Å². The SMILES string of the molecule is O=C(O)/C=C/C(=O)O.c1ccc(COC2=NOC3(C2)CN2CCC3CC2)cc1. The van der Waals surface area contributed by atoms with Crippen molar-refractivity contribution in [3.63, 3.8) is 0 Å². The van der Waals surface area contributed by atoms with E-state index < -0.39 is 11.9 Å². The number of ether oxygens (including phenoxy) is 1. The van der Waals surface area contributed by atoms with E-state index in [1.807, 2.05) is 18.2 Å². The largest absolute Gasteiger partial charge is 0.478 e. The van der Waals surface area contributed by atoms with Gasteiger partial charge in [0, 0.05) is 24.6 Å². The van der Waals surface area contributed by atoms with Gasteiger partial charge >= 0.3 is 11.9 Å². The number of hydrogen-bond donors (Lipinski definition) is 2. The Labute approximate surface area is 163 Å². The van der Waals surface area contributed by atoms with Crippen LogP contribution in [0, 0.1) is 5.92 Å². The summed E-state index contributed by atoms with van der Waals surface area (Å²) >= 11 is 0. The molecular weight excluding hydrogens is 364 g/mol. The lowest BCUT2D eigenvalue weighted by atomic mass is 9.74. The van der Waals surface area contributed by atoms with Crippen molar-refractivity contribution in [3.05, 3.63) is 48.0 Å². The van der Waals surface area contributed by atoms with Gasteiger partial charge in [0.25, 0.3) is 0 Å². The number of rotatable bonds is 4. The van der Waals surface area contributed by atoms with Crippen LogP contribution in [0.5, 0.6) is 0 Å². The number of aliphatic carboxylic acids is 2. The summed E-state index contributed by atoms with van der Waals surface area (Å²) in [6.45, 7) is 4.03. The predicted molar refractivity (Wildman–Crippen MR) is 101 cm³/mol. The number of carboxylic acids is 2. The second-order valence-electron chi connectivity index (χ2n) is 7.15. The van der Waals surface area contributed by atoms with Gasteiger partial charge in [0.15, 0.2) is 5.60 Å². The number of oxime groups is 1. The van der Waals surface area contributed by atoms with Crippen LogP contribution >= 0.6 is 0 Å². The molecule has 28 heavy (non-hydrogen) atoms. The Morgan fingerprint density at radius 3 is 2.36 bits per heavy atom. The minimum Gasteiger partial charge on any atom is -0.478 e. The molecule has 4 heterocycles. The molecule has 4 aliphatic heterocycles. The summed E-state index contributed by atoms with van der Waals surface area (Å²) < 4.78 is 5.83. The van der Waals surface area contributed by atoms with Crippen LogP contribution in [-0.4, -0.2) is 58.2 Å². The molecule has 3 fully saturated rings. The van der Waals surface area contributed by atoms with Crippen molar-refractivity contribution in [2.24, 2.45) is 11.1 Å². The molecular formula is C20H24N2O6. The first kappa shape index (κ1) is 19.9. The molecule has 8 heteroatoms. The molecule has 2 N–H and O–H groups in total. The number of benzene rings is 1. The van der Waals surface area contributed by atoms with Gasteiger partial charge in [0.2, 0.25) is 5.90 Å². The molecule has 2 bridgehead atoms. The summed E-state index contributed by atoms with van der Waals surface area (Å²) in [5.41, 5.74) is 1.08. The van der Waals surface area contributed by atoms with E-state index in [0.29, 0.717) is 24.7 Å². The summed E-state index contributed by atoms with van der Waals surface area (Å²) in [7, 11) is 0. The Kier molecular flexibility index (Phi) is 6.30. The van der Waals surface area contributed by atoms with E-state index in [9.17, 15) is 9.59 Å². The van der Waals surface area contributed by atoms with Gasteiger partial charge in [-0.05, 0) is 31.5 Å². The standard InChI is InChI=1S/C16H20N2O2.C4H4O4/c1-2-4-13(5-3-1)11-19-15-10-16(20-17-15)12-18-8-6-14(16)7-9-18;5-3(6)1-2-4(7)8/h1-5,14H,6-12H2;1-2H,(H,5,6)(H,7,8)/b;2-1+. The summed E-state index contributed by atoms with van der Waals surface area (Å²) in [5, 5.41) is 19.8. The normalized spacial score (nSPS) is 27.6. The highest BCUT2D eigenvalue weighted by Gasteiger charge is 2.52. The van der Waals surface area contributed by atoms with Crippen molar-refractivity contribution in [2.75, 3.05) is 19.6 Å². The lowest BCUT2D eigenvalue weighted by Crippen LogP contribution is -2.59. The molecule has 1 spiro atoms. The smallest absolute Gasteiger partial charge is 0.328 e. The lowest BCUT2D eigenvalue weighted by Gasteiger charge is -2.49. The maximum atomic E-state index is 9.55. The monoisotopic (exact) mass is 388 g/mol. The number of fused-ring (bicyclic) bond motifs is 2. The van der Waals surface area contributed by atoms with Gasteiger partial charge in [0.1, 0.15) is 6.61 Å². The fourth-order valence-electron chi connectivity index (χ4n) is 3.85. The average molecular weight is 388 g/mol. The van der Waals surface area contributed by atoms with E-state index in [1.165, 1.54) is 31.5 Å². The van der Waals surface area contributed by atoms with Crippen molar-refractivity contribution in [2.45, 2.75) is 31.5 Å². The first-order valence-corrected chi connectivity index (χ1v) is 9.25. The summed E-state index contributed by atoms with van der Waals surface area (Å²) in [6.07, 6.45) is 4.43. The average Bonchev–Trinajstić information content (AvgIpc) is 3.09. The third-order valence-electron chi connectivity index (χ3n) is 5.22. The zero-order valence-electron chi connectivity index (χ0n) is 15.5. The molecule has 1 unspecified atom stereocenters. The minimum atomic E-state index is -1.26. The van der Waals surface area contributed by atoms with Crippen LogP contribution < -0.4 is 0 Å². The number of piperidine rings is 3. The molecule has 0 saturated carbocycles. The van der Waals surface area contributed by atoms with Crippen LogP contribution in [0.15, 0.2) is 47.6 Å². The van der Waals surface area contributed by atoms with Crippen LogP contribution in [0.2, 0.25) is 0 Å². The topological polar surface area (TPSA) is 109 Å². The van der Waals surface area contributed by atoms with Crippen molar-refractivity contribution in [3.8, 4) is 0 Å². The fourth-order valence-corrected chi connectivity index (χ4v) is 3.85. The maximum Gasteiger partial charge on any atom is 0.328 e. The van der Waals surface area contributed by atoms with Crippen LogP contribution in [0.3, 0.4) is 0 Å².